The van der Waals surface area contributed by atoms with E-state index < -0.39 is 0 Å². The molecule has 0 aromatic heterocycles. The molecule has 0 bridgehead atoms. The van der Waals surface area contributed by atoms with E-state index in [4.69, 9.17) is 9.47 Å². The largest absolute Gasteiger partial charge is 0.356 e. The molecule has 0 heterocycles. The van der Waals surface area contributed by atoms with Gasteiger partial charge in [-0.15, -0.1) is 0 Å². The molecule has 0 aliphatic heterocycles. The Balaban J connectivity index is 3.37. The van der Waals surface area contributed by atoms with Crippen molar-refractivity contribution in [1.82, 2.24) is 0 Å². The van der Waals surface area contributed by atoms with E-state index >= 15 is 0 Å². The van der Waals surface area contributed by atoms with Gasteiger partial charge in [0.05, 0.1) is 0 Å². The first-order valence-corrected chi connectivity index (χ1v) is 5.38. The third kappa shape index (κ3) is 7.03. The average Bonchev–Trinajstić information content (AvgIpc) is 2.16. The molecule has 0 radical (unpaired) electrons. The summed E-state index contributed by atoms with van der Waals surface area (Å²) < 4.78 is 10.5. The maximum absolute atomic E-state index is 5.45. The highest BCUT2D eigenvalue weighted by molar-refractivity contribution is 4.55. The molecule has 0 rings (SSSR count). The highest BCUT2D eigenvalue weighted by Gasteiger charge is 2.06. The zero-order valence-corrected chi connectivity index (χ0v) is 9.51. The lowest BCUT2D eigenvalue weighted by Crippen LogP contribution is -2.13. The van der Waals surface area contributed by atoms with Crippen LogP contribution in [0.2, 0.25) is 0 Å². The second-order valence-corrected chi connectivity index (χ2v) is 3.53. The molecule has 80 valence electrons. The Kier molecular flexibility index (Phi) is 8.46. The van der Waals surface area contributed by atoms with Gasteiger partial charge in [-0.25, -0.2) is 0 Å². The number of methoxy groups -OCH3 is 1. The Bertz CT molecular complexity index is 104. The first-order chi connectivity index (χ1) is 6.24. The van der Waals surface area contributed by atoms with Gasteiger partial charge < -0.3 is 9.47 Å². The summed E-state index contributed by atoms with van der Waals surface area (Å²) in [5.74, 6) is 0.828. The molecule has 0 spiro atoms. The number of ether oxygens (including phenoxy) is 2. The molecule has 0 fully saturated rings. The third-order valence-electron chi connectivity index (χ3n) is 2.48. The van der Waals surface area contributed by atoms with E-state index in [0.717, 1.165) is 18.9 Å². The van der Waals surface area contributed by atoms with Crippen molar-refractivity contribution in [3.05, 3.63) is 0 Å². The van der Waals surface area contributed by atoms with Crippen LogP contribution in [0, 0.1) is 5.92 Å². The van der Waals surface area contributed by atoms with Crippen LogP contribution in [-0.4, -0.2) is 20.0 Å². The monoisotopic (exact) mass is 188 g/mol. The molecule has 2 heteroatoms. The maximum atomic E-state index is 5.45. The summed E-state index contributed by atoms with van der Waals surface area (Å²) in [4.78, 5) is 0. The third-order valence-corrected chi connectivity index (χ3v) is 2.48. The SMILES string of the molecule is CCCC(CC)CCOC(C)OC. The van der Waals surface area contributed by atoms with Crippen LogP contribution in [0.3, 0.4) is 0 Å². The topological polar surface area (TPSA) is 18.5 Å². The lowest BCUT2D eigenvalue weighted by atomic mass is 9.98. The van der Waals surface area contributed by atoms with Crippen molar-refractivity contribution in [2.24, 2.45) is 5.92 Å². The fraction of sp³-hybridized carbons (Fsp3) is 1.00. The summed E-state index contributed by atoms with van der Waals surface area (Å²) in [6.07, 6.45) is 4.97. The summed E-state index contributed by atoms with van der Waals surface area (Å²) in [7, 11) is 1.67. The van der Waals surface area contributed by atoms with Crippen LogP contribution in [0.5, 0.6) is 0 Å². The van der Waals surface area contributed by atoms with Gasteiger partial charge in [0, 0.05) is 13.7 Å². The molecule has 0 aromatic rings. The number of hydrogen-bond donors (Lipinski definition) is 0. The summed E-state index contributed by atoms with van der Waals surface area (Å²) in [6, 6.07) is 0. The minimum Gasteiger partial charge on any atom is -0.356 e. The van der Waals surface area contributed by atoms with E-state index in [9.17, 15) is 0 Å². The van der Waals surface area contributed by atoms with E-state index in [1.807, 2.05) is 6.92 Å². The molecule has 2 nitrogen and oxygen atoms in total. The molecule has 0 aliphatic rings. The lowest BCUT2D eigenvalue weighted by Gasteiger charge is -2.15. The lowest BCUT2D eigenvalue weighted by molar-refractivity contribution is -0.113. The van der Waals surface area contributed by atoms with Gasteiger partial charge in [0.15, 0.2) is 6.29 Å². The molecule has 0 saturated heterocycles. The van der Waals surface area contributed by atoms with Gasteiger partial charge >= 0.3 is 0 Å². The standard InChI is InChI=1S/C11H24O2/c1-5-7-11(6-2)8-9-13-10(3)12-4/h10-11H,5-9H2,1-4H3. The van der Waals surface area contributed by atoms with Gasteiger partial charge in [0.2, 0.25) is 0 Å². The van der Waals surface area contributed by atoms with Crippen LogP contribution in [-0.2, 0) is 9.47 Å². The molecule has 0 amide bonds. The Labute approximate surface area is 82.6 Å². The van der Waals surface area contributed by atoms with E-state index in [2.05, 4.69) is 13.8 Å². The van der Waals surface area contributed by atoms with Crippen molar-refractivity contribution in [3.8, 4) is 0 Å². The quantitative estimate of drug-likeness (QED) is 0.544. The normalized spacial score (nSPS) is 15.7. The summed E-state index contributed by atoms with van der Waals surface area (Å²) >= 11 is 0. The Morgan fingerprint density at radius 2 is 1.85 bits per heavy atom. The smallest absolute Gasteiger partial charge is 0.154 e. The molecule has 0 saturated carbocycles. The number of hydrogen-bond acceptors (Lipinski definition) is 2. The molecule has 2 atom stereocenters. The van der Waals surface area contributed by atoms with Crippen LogP contribution >= 0.6 is 0 Å². The van der Waals surface area contributed by atoms with Crippen molar-refractivity contribution >= 4 is 0 Å². The summed E-state index contributed by atoms with van der Waals surface area (Å²) in [5.41, 5.74) is 0. The second kappa shape index (κ2) is 8.52. The Morgan fingerprint density at radius 1 is 1.15 bits per heavy atom. The van der Waals surface area contributed by atoms with Gasteiger partial charge in [-0.1, -0.05) is 33.1 Å². The second-order valence-electron chi connectivity index (χ2n) is 3.53. The molecule has 0 aliphatic carbocycles. The van der Waals surface area contributed by atoms with Gasteiger partial charge in [0.25, 0.3) is 0 Å². The van der Waals surface area contributed by atoms with Crippen LogP contribution in [0.25, 0.3) is 0 Å². The number of rotatable bonds is 8. The van der Waals surface area contributed by atoms with Gasteiger partial charge in [-0.05, 0) is 19.3 Å². The summed E-state index contributed by atoms with van der Waals surface area (Å²) in [5, 5.41) is 0. The Morgan fingerprint density at radius 3 is 2.31 bits per heavy atom. The maximum Gasteiger partial charge on any atom is 0.154 e. The molecular weight excluding hydrogens is 164 g/mol. The van der Waals surface area contributed by atoms with Crippen molar-refractivity contribution in [2.75, 3.05) is 13.7 Å². The van der Waals surface area contributed by atoms with E-state index in [1.54, 1.807) is 7.11 Å². The fourth-order valence-electron chi connectivity index (χ4n) is 1.43. The first-order valence-electron chi connectivity index (χ1n) is 5.38. The zero-order valence-electron chi connectivity index (χ0n) is 9.51. The summed E-state index contributed by atoms with van der Waals surface area (Å²) in [6.45, 7) is 7.25. The van der Waals surface area contributed by atoms with Crippen molar-refractivity contribution in [3.63, 3.8) is 0 Å². The molecule has 0 aromatic carbocycles. The van der Waals surface area contributed by atoms with Gasteiger partial charge in [-0.3, -0.25) is 0 Å². The minimum absolute atomic E-state index is 0.0564. The van der Waals surface area contributed by atoms with Crippen molar-refractivity contribution < 1.29 is 9.47 Å². The molecule has 0 N–H and O–H groups in total. The zero-order chi connectivity index (χ0) is 10.1. The fourth-order valence-corrected chi connectivity index (χ4v) is 1.43. The van der Waals surface area contributed by atoms with E-state index in [0.29, 0.717) is 0 Å². The molecular formula is C11H24O2. The first kappa shape index (κ1) is 12.9. The van der Waals surface area contributed by atoms with Gasteiger partial charge in [-0.2, -0.15) is 0 Å². The van der Waals surface area contributed by atoms with Crippen LogP contribution in [0.15, 0.2) is 0 Å². The highest BCUT2D eigenvalue weighted by atomic mass is 16.7. The van der Waals surface area contributed by atoms with Crippen LogP contribution in [0.1, 0.15) is 46.5 Å². The minimum atomic E-state index is -0.0564. The van der Waals surface area contributed by atoms with Crippen molar-refractivity contribution in [1.29, 1.82) is 0 Å². The molecule has 13 heavy (non-hydrogen) atoms. The predicted molar refractivity (Wildman–Crippen MR) is 55.7 cm³/mol. The van der Waals surface area contributed by atoms with Gasteiger partial charge in [0.1, 0.15) is 0 Å². The van der Waals surface area contributed by atoms with E-state index in [1.165, 1.54) is 19.3 Å². The molecule has 2 unspecified atom stereocenters. The van der Waals surface area contributed by atoms with Crippen molar-refractivity contribution in [2.45, 2.75) is 52.7 Å². The highest BCUT2D eigenvalue weighted by Crippen LogP contribution is 2.15. The predicted octanol–water partition coefficient (Wildman–Crippen LogP) is 3.21. The Hall–Kier alpha value is -0.0800. The van der Waals surface area contributed by atoms with Crippen LogP contribution in [0.4, 0.5) is 0 Å². The average molecular weight is 188 g/mol. The van der Waals surface area contributed by atoms with Crippen LogP contribution < -0.4 is 0 Å². The van der Waals surface area contributed by atoms with E-state index in [-0.39, 0.29) is 6.29 Å².